The number of ether oxygens (including phenoxy) is 2. The Kier molecular flexibility index (Phi) is 6.64. The lowest BCUT2D eigenvalue weighted by Crippen LogP contribution is -2.44. The van der Waals surface area contributed by atoms with Gasteiger partial charge in [-0.25, -0.2) is 0 Å². The van der Waals surface area contributed by atoms with Crippen molar-refractivity contribution < 1.29 is 14.3 Å². The average Bonchev–Trinajstić information content (AvgIpc) is 2.82. The van der Waals surface area contributed by atoms with E-state index in [-0.39, 0.29) is 12.1 Å². The first-order valence-corrected chi connectivity index (χ1v) is 11.1. The number of benzene rings is 3. The number of nitrogens with zero attached hydrogens (tertiary/aromatic N) is 1. The summed E-state index contributed by atoms with van der Waals surface area (Å²) < 4.78 is 11.5. The van der Waals surface area contributed by atoms with Crippen LogP contribution in [0.25, 0.3) is 0 Å². The van der Waals surface area contributed by atoms with Gasteiger partial charge in [0.2, 0.25) is 0 Å². The number of amides is 1. The second kappa shape index (κ2) is 9.77. The molecule has 0 bridgehead atoms. The molecule has 1 amide bonds. The minimum atomic E-state index is -0.297. The Morgan fingerprint density at radius 3 is 2.47 bits per heavy atom. The maximum absolute atomic E-state index is 13.5. The summed E-state index contributed by atoms with van der Waals surface area (Å²) in [6.45, 7) is 5.44. The number of carbonyl (C=O) groups excluding carboxylic acids is 1. The average molecular weight is 431 g/mol. The van der Waals surface area contributed by atoms with Crippen molar-refractivity contribution in [3.8, 4) is 11.5 Å². The van der Waals surface area contributed by atoms with E-state index in [0.717, 1.165) is 17.7 Å². The van der Waals surface area contributed by atoms with E-state index in [4.69, 9.17) is 9.47 Å². The highest BCUT2D eigenvalue weighted by Gasteiger charge is 2.33. The van der Waals surface area contributed by atoms with Crippen LogP contribution in [-0.4, -0.2) is 31.1 Å². The minimum Gasteiger partial charge on any atom is -0.493 e. The monoisotopic (exact) mass is 430 g/mol. The molecule has 1 aliphatic heterocycles. The first kappa shape index (κ1) is 21.8. The molecule has 0 radical (unpaired) electrons. The molecule has 166 valence electrons. The van der Waals surface area contributed by atoms with Gasteiger partial charge in [0, 0.05) is 12.2 Å². The highest BCUT2D eigenvalue weighted by molar-refractivity contribution is 6.01. The number of anilines is 1. The van der Waals surface area contributed by atoms with Crippen LogP contribution in [0.5, 0.6) is 11.5 Å². The SMILES string of the molecule is COc1cc(C2Nc3ccccc3C(=O)N2CCc2ccccc2)ccc1OCC(C)C. The molecule has 1 N–H and O–H groups in total. The van der Waals surface area contributed by atoms with E-state index in [1.807, 2.05) is 65.6 Å². The topological polar surface area (TPSA) is 50.8 Å². The molecule has 0 aliphatic carbocycles. The number of rotatable bonds is 8. The summed E-state index contributed by atoms with van der Waals surface area (Å²) in [5.41, 5.74) is 3.70. The molecule has 4 rings (SSSR count). The zero-order valence-electron chi connectivity index (χ0n) is 18.9. The fraction of sp³-hybridized carbons (Fsp3) is 0.296. The minimum absolute atomic E-state index is 0.0272. The number of methoxy groups -OCH3 is 1. The van der Waals surface area contributed by atoms with Crippen molar-refractivity contribution in [2.75, 3.05) is 25.6 Å². The molecule has 0 spiro atoms. The molecule has 1 unspecified atom stereocenters. The summed E-state index contributed by atoms with van der Waals surface area (Å²) in [6, 6.07) is 23.8. The second-order valence-electron chi connectivity index (χ2n) is 8.44. The van der Waals surface area contributed by atoms with Crippen molar-refractivity contribution in [2.24, 2.45) is 5.92 Å². The second-order valence-corrected chi connectivity index (χ2v) is 8.44. The molecule has 1 atom stereocenters. The van der Waals surface area contributed by atoms with Gasteiger partial charge in [-0.1, -0.05) is 62.4 Å². The van der Waals surface area contributed by atoms with Crippen molar-refractivity contribution in [2.45, 2.75) is 26.4 Å². The first-order valence-electron chi connectivity index (χ1n) is 11.1. The maximum Gasteiger partial charge on any atom is 0.257 e. The number of hydrogen-bond donors (Lipinski definition) is 1. The molecule has 1 heterocycles. The molecule has 0 fully saturated rings. The van der Waals surface area contributed by atoms with E-state index in [9.17, 15) is 4.79 Å². The van der Waals surface area contributed by atoms with Crippen LogP contribution < -0.4 is 14.8 Å². The Morgan fingerprint density at radius 1 is 0.969 bits per heavy atom. The molecule has 5 nitrogen and oxygen atoms in total. The van der Waals surface area contributed by atoms with E-state index in [1.54, 1.807) is 7.11 Å². The maximum atomic E-state index is 13.5. The van der Waals surface area contributed by atoms with Crippen LogP contribution in [0, 0.1) is 5.92 Å². The summed E-state index contributed by atoms with van der Waals surface area (Å²) in [7, 11) is 1.64. The van der Waals surface area contributed by atoms with Crippen molar-refractivity contribution in [3.05, 3.63) is 89.5 Å². The van der Waals surface area contributed by atoms with Gasteiger partial charge in [-0.2, -0.15) is 0 Å². The predicted molar refractivity (Wildman–Crippen MR) is 127 cm³/mol. The van der Waals surface area contributed by atoms with Gasteiger partial charge in [-0.3, -0.25) is 4.79 Å². The van der Waals surface area contributed by atoms with Crippen LogP contribution in [0.15, 0.2) is 72.8 Å². The van der Waals surface area contributed by atoms with Crippen molar-refractivity contribution in [1.29, 1.82) is 0 Å². The Labute approximate surface area is 190 Å². The van der Waals surface area contributed by atoms with Crippen LogP contribution >= 0.6 is 0 Å². The van der Waals surface area contributed by atoms with Crippen LogP contribution in [0.1, 0.15) is 41.5 Å². The summed E-state index contributed by atoms with van der Waals surface area (Å²) in [5.74, 6) is 1.82. The molecule has 3 aromatic carbocycles. The van der Waals surface area contributed by atoms with Crippen LogP contribution in [0.4, 0.5) is 5.69 Å². The number of nitrogens with one attached hydrogen (secondary N) is 1. The van der Waals surface area contributed by atoms with Crippen molar-refractivity contribution >= 4 is 11.6 Å². The number of carbonyl (C=O) groups is 1. The molecule has 5 heteroatoms. The highest BCUT2D eigenvalue weighted by atomic mass is 16.5. The van der Waals surface area contributed by atoms with E-state index < -0.39 is 0 Å². The quantitative estimate of drug-likeness (QED) is 0.510. The summed E-state index contributed by atoms with van der Waals surface area (Å²) in [5, 5.41) is 3.56. The zero-order chi connectivity index (χ0) is 22.5. The third-order valence-corrected chi connectivity index (χ3v) is 5.58. The van der Waals surface area contributed by atoms with Gasteiger partial charge in [0.1, 0.15) is 6.17 Å². The largest absolute Gasteiger partial charge is 0.493 e. The lowest BCUT2D eigenvalue weighted by atomic mass is 10.0. The fourth-order valence-electron chi connectivity index (χ4n) is 3.91. The Morgan fingerprint density at radius 2 is 1.72 bits per heavy atom. The van der Waals surface area contributed by atoms with Gasteiger partial charge < -0.3 is 19.7 Å². The fourth-order valence-corrected chi connectivity index (χ4v) is 3.91. The summed E-state index contributed by atoms with van der Waals surface area (Å²) in [4.78, 5) is 15.4. The van der Waals surface area contributed by atoms with E-state index in [2.05, 4.69) is 31.3 Å². The highest BCUT2D eigenvalue weighted by Crippen LogP contribution is 2.37. The third-order valence-electron chi connectivity index (χ3n) is 5.58. The van der Waals surface area contributed by atoms with Crippen molar-refractivity contribution in [3.63, 3.8) is 0 Å². The van der Waals surface area contributed by atoms with Crippen LogP contribution in [0.3, 0.4) is 0 Å². The third kappa shape index (κ3) is 4.72. The summed E-state index contributed by atoms with van der Waals surface area (Å²) >= 11 is 0. The normalized spacial score (nSPS) is 15.3. The first-order chi connectivity index (χ1) is 15.6. The lowest BCUT2D eigenvalue weighted by molar-refractivity contribution is 0.0685. The van der Waals surface area contributed by atoms with E-state index in [1.165, 1.54) is 5.56 Å². The molecular formula is C27H30N2O3. The Hall–Kier alpha value is -3.47. The van der Waals surface area contributed by atoms with Gasteiger partial charge in [0.05, 0.1) is 19.3 Å². The Bertz CT molecular complexity index is 1070. The zero-order valence-corrected chi connectivity index (χ0v) is 18.9. The van der Waals surface area contributed by atoms with Gasteiger partial charge in [-0.05, 0) is 47.7 Å². The van der Waals surface area contributed by atoms with Gasteiger partial charge >= 0.3 is 0 Å². The molecule has 3 aromatic rings. The smallest absolute Gasteiger partial charge is 0.257 e. The van der Waals surface area contributed by atoms with Crippen molar-refractivity contribution in [1.82, 2.24) is 4.90 Å². The van der Waals surface area contributed by atoms with E-state index in [0.29, 0.717) is 36.1 Å². The molecule has 0 saturated heterocycles. The predicted octanol–water partition coefficient (Wildman–Crippen LogP) is 5.54. The number of hydrogen-bond acceptors (Lipinski definition) is 4. The Balaban J connectivity index is 1.65. The summed E-state index contributed by atoms with van der Waals surface area (Å²) in [6.07, 6.45) is 0.480. The van der Waals surface area contributed by atoms with Crippen LogP contribution in [-0.2, 0) is 6.42 Å². The number of para-hydroxylation sites is 1. The standard InChI is InChI=1S/C27H30N2O3/c1-19(2)18-32-24-14-13-21(17-25(24)31-3)26-28-23-12-8-7-11-22(23)27(30)29(26)16-15-20-9-5-4-6-10-20/h4-14,17,19,26,28H,15-16,18H2,1-3H3. The van der Waals surface area contributed by atoms with Gasteiger partial charge in [0.25, 0.3) is 5.91 Å². The van der Waals surface area contributed by atoms with E-state index >= 15 is 0 Å². The lowest BCUT2D eigenvalue weighted by Gasteiger charge is -2.38. The van der Waals surface area contributed by atoms with Gasteiger partial charge in [-0.15, -0.1) is 0 Å². The molecule has 1 aliphatic rings. The molecular weight excluding hydrogens is 400 g/mol. The molecule has 32 heavy (non-hydrogen) atoms. The molecule has 0 saturated carbocycles. The van der Waals surface area contributed by atoms with Crippen LogP contribution in [0.2, 0.25) is 0 Å². The molecule has 0 aromatic heterocycles. The van der Waals surface area contributed by atoms with Gasteiger partial charge in [0.15, 0.2) is 11.5 Å². The number of fused-ring (bicyclic) bond motifs is 1.